The van der Waals surface area contributed by atoms with E-state index in [4.69, 9.17) is 17.3 Å². The second-order valence-corrected chi connectivity index (χ2v) is 8.74. The molecule has 1 saturated heterocycles. The van der Waals surface area contributed by atoms with Gasteiger partial charge in [0.1, 0.15) is 5.67 Å². The molecule has 144 valence electrons. The number of alkyl halides is 1. The largest absolute Gasteiger partial charge is 0.397 e. The number of pyridine rings is 1. The van der Waals surface area contributed by atoms with Gasteiger partial charge in [0.25, 0.3) is 5.91 Å². The van der Waals surface area contributed by atoms with Gasteiger partial charge in [0.2, 0.25) is 0 Å². The zero-order valence-corrected chi connectivity index (χ0v) is 16.3. The smallest absolute Gasteiger partial charge is 0.253 e. The van der Waals surface area contributed by atoms with Gasteiger partial charge in [0.15, 0.2) is 0 Å². The normalized spacial score (nSPS) is 24.8. The Labute approximate surface area is 163 Å². The van der Waals surface area contributed by atoms with E-state index in [9.17, 15) is 9.18 Å². The minimum absolute atomic E-state index is 0.188. The molecule has 0 radical (unpaired) electrons. The molecule has 2 aromatic rings. The van der Waals surface area contributed by atoms with Gasteiger partial charge in [-0.1, -0.05) is 11.6 Å². The minimum Gasteiger partial charge on any atom is -0.397 e. The Morgan fingerprint density at radius 2 is 2.15 bits per heavy atom. The van der Waals surface area contributed by atoms with Crippen LogP contribution in [0.15, 0.2) is 24.4 Å². The summed E-state index contributed by atoms with van der Waals surface area (Å²) in [5.41, 5.74) is 6.27. The van der Waals surface area contributed by atoms with E-state index in [1.54, 1.807) is 32.2 Å². The third-order valence-electron chi connectivity index (χ3n) is 5.67. The third-order valence-corrected chi connectivity index (χ3v) is 5.98. The number of carbonyl (C=O) groups is 1. The van der Waals surface area contributed by atoms with Crippen LogP contribution < -0.4 is 11.1 Å². The Morgan fingerprint density at radius 1 is 1.44 bits per heavy atom. The number of amides is 1. The topological polar surface area (TPSA) is 71.2 Å². The maximum absolute atomic E-state index is 13.8. The number of hydrogen-bond donors (Lipinski definition) is 2. The fraction of sp³-hybridized carbons (Fsp3) is 0.500. The number of fused-ring (bicyclic) bond motifs is 2. The summed E-state index contributed by atoms with van der Waals surface area (Å²) in [6.45, 7) is 6.15. The van der Waals surface area contributed by atoms with Gasteiger partial charge in [0.05, 0.1) is 21.8 Å². The summed E-state index contributed by atoms with van der Waals surface area (Å²) in [6.07, 6.45) is 1.64. The number of hydrogen-bond acceptors (Lipinski definition) is 4. The van der Waals surface area contributed by atoms with Crippen molar-refractivity contribution in [2.45, 2.75) is 19.5 Å². The van der Waals surface area contributed by atoms with E-state index in [0.717, 1.165) is 13.1 Å². The molecule has 2 atom stereocenters. The van der Waals surface area contributed by atoms with Gasteiger partial charge in [-0.25, -0.2) is 4.39 Å². The van der Waals surface area contributed by atoms with E-state index >= 15 is 0 Å². The average molecular weight is 391 g/mol. The van der Waals surface area contributed by atoms with E-state index in [0.29, 0.717) is 58.0 Å². The number of benzene rings is 1. The first kappa shape index (κ1) is 18.4. The molecule has 1 aliphatic heterocycles. The summed E-state index contributed by atoms with van der Waals surface area (Å²) in [5.74, 6) is 1.39. The van der Waals surface area contributed by atoms with Crippen LogP contribution in [0.3, 0.4) is 0 Å². The quantitative estimate of drug-likeness (QED) is 0.769. The molecule has 27 heavy (non-hydrogen) atoms. The van der Waals surface area contributed by atoms with Crippen LogP contribution in [0.1, 0.15) is 24.2 Å². The van der Waals surface area contributed by atoms with Crippen LogP contribution in [-0.2, 0) is 0 Å². The maximum Gasteiger partial charge on any atom is 0.253 e. The summed E-state index contributed by atoms with van der Waals surface area (Å²) in [6, 6.07) is 5.17. The number of nitrogens with two attached hydrogens (primary N) is 1. The van der Waals surface area contributed by atoms with Crippen molar-refractivity contribution in [2.24, 2.45) is 17.8 Å². The first-order valence-corrected chi connectivity index (χ1v) is 9.64. The Hall–Kier alpha value is -1.92. The number of nitrogens with zero attached hydrogens (tertiary/aromatic N) is 2. The maximum atomic E-state index is 13.8. The number of likely N-dealkylation sites (tertiary alicyclic amines) is 1. The number of anilines is 1. The highest BCUT2D eigenvalue weighted by molar-refractivity contribution is 6.35. The molecule has 2 aliphatic rings. The first-order chi connectivity index (χ1) is 12.7. The number of carbonyl (C=O) groups excluding carboxylic acids is 1. The fourth-order valence-corrected chi connectivity index (χ4v) is 4.63. The lowest BCUT2D eigenvalue weighted by Gasteiger charge is -2.25. The molecule has 7 heteroatoms. The Kier molecular flexibility index (Phi) is 4.51. The van der Waals surface area contributed by atoms with Crippen LogP contribution in [-0.4, -0.2) is 47.6 Å². The Morgan fingerprint density at radius 3 is 2.81 bits per heavy atom. The average Bonchev–Trinajstić information content (AvgIpc) is 3.06. The SMILES string of the molecule is CC(C)(F)CN1CC2C(CNC(=O)c3cc(Cl)c(N)c4cccnc34)C2C1. The molecule has 0 spiro atoms. The monoisotopic (exact) mass is 390 g/mol. The van der Waals surface area contributed by atoms with Crippen LogP contribution in [0.25, 0.3) is 10.9 Å². The van der Waals surface area contributed by atoms with Gasteiger partial charge in [-0.2, -0.15) is 0 Å². The molecule has 3 N–H and O–H groups in total. The molecule has 0 bridgehead atoms. The summed E-state index contributed by atoms with van der Waals surface area (Å²) in [5, 5.41) is 4.06. The molecule has 4 rings (SSSR count). The van der Waals surface area contributed by atoms with Gasteiger partial charge in [-0.15, -0.1) is 0 Å². The highest BCUT2D eigenvalue weighted by Crippen LogP contribution is 2.51. The zero-order chi connectivity index (χ0) is 19.3. The van der Waals surface area contributed by atoms with Crippen molar-refractivity contribution in [3.63, 3.8) is 0 Å². The molecule has 2 heterocycles. The van der Waals surface area contributed by atoms with Crippen molar-refractivity contribution < 1.29 is 9.18 Å². The molecule has 5 nitrogen and oxygen atoms in total. The summed E-state index contributed by atoms with van der Waals surface area (Å²) < 4.78 is 13.8. The summed E-state index contributed by atoms with van der Waals surface area (Å²) in [7, 11) is 0. The number of halogens is 2. The third kappa shape index (κ3) is 3.60. The van der Waals surface area contributed by atoms with E-state index in [2.05, 4.69) is 15.2 Å². The lowest BCUT2D eigenvalue weighted by atomic mass is 10.1. The molecule has 1 aromatic heterocycles. The Balaban J connectivity index is 1.39. The highest BCUT2D eigenvalue weighted by atomic mass is 35.5. The molecule has 2 unspecified atom stereocenters. The highest BCUT2D eigenvalue weighted by Gasteiger charge is 2.55. The molecule has 1 aliphatic carbocycles. The molecular weight excluding hydrogens is 367 g/mol. The van der Waals surface area contributed by atoms with Gasteiger partial charge in [-0.05, 0) is 49.8 Å². The predicted octanol–water partition coefficient (Wildman–Crippen LogP) is 3.13. The lowest BCUT2D eigenvalue weighted by Crippen LogP contribution is -2.37. The second kappa shape index (κ2) is 6.60. The molecule has 1 amide bonds. The van der Waals surface area contributed by atoms with Crippen LogP contribution >= 0.6 is 11.6 Å². The number of nitrogens with one attached hydrogen (secondary N) is 1. The van der Waals surface area contributed by atoms with Crippen LogP contribution in [0, 0.1) is 17.8 Å². The number of piperidine rings is 1. The van der Waals surface area contributed by atoms with Crippen LogP contribution in [0.4, 0.5) is 10.1 Å². The van der Waals surface area contributed by atoms with Gasteiger partial charge in [0, 0.05) is 37.8 Å². The van der Waals surface area contributed by atoms with E-state index < -0.39 is 5.67 Å². The lowest BCUT2D eigenvalue weighted by molar-refractivity contribution is 0.0949. The van der Waals surface area contributed by atoms with Crippen LogP contribution in [0.2, 0.25) is 5.02 Å². The second-order valence-electron chi connectivity index (χ2n) is 8.33. The number of nitrogen functional groups attached to an aromatic ring is 1. The molecule has 1 aromatic carbocycles. The predicted molar refractivity (Wildman–Crippen MR) is 106 cm³/mol. The van der Waals surface area contributed by atoms with Crippen molar-refractivity contribution in [2.75, 3.05) is 31.9 Å². The van der Waals surface area contributed by atoms with E-state index in [1.807, 2.05) is 6.07 Å². The fourth-order valence-electron chi connectivity index (χ4n) is 4.42. The summed E-state index contributed by atoms with van der Waals surface area (Å²) in [4.78, 5) is 19.2. The minimum atomic E-state index is -1.16. The van der Waals surface area contributed by atoms with Crippen molar-refractivity contribution in [1.29, 1.82) is 0 Å². The van der Waals surface area contributed by atoms with Crippen molar-refractivity contribution in [3.8, 4) is 0 Å². The molecular formula is C20H24ClFN4O. The van der Waals surface area contributed by atoms with Crippen molar-refractivity contribution >= 4 is 34.1 Å². The van der Waals surface area contributed by atoms with Crippen LogP contribution in [0.5, 0.6) is 0 Å². The first-order valence-electron chi connectivity index (χ1n) is 9.27. The van der Waals surface area contributed by atoms with Gasteiger partial charge >= 0.3 is 0 Å². The van der Waals surface area contributed by atoms with Crippen molar-refractivity contribution in [1.82, 2.24) is 15.2 Å². The number of aromatic nitrogens is 1. The van der Waals surface area contributed by atoms with E-state index in [1.165, 1.54) is 0 Å². The molecule has 2 fully saturated rings. The van der Waals surface area contributed by atoms with Gasteiger partial charge < -0.3 is 11.1 Å². The molecule has 1 saturated carbocycles. The van der Waals surface area contributed by atoms with Crippen molar-refractivity contribution in [3.05, 3.63) is 35.0 Å². The Bertz CT molecular complexity index is 885. The van der Waals surface area contributed by atoms with E-state index in [-0.39, 0.29) is 5.91 Å². The zero-order valence-electron chi connectivity index (χ0n) is 15.5. The summed E-state index contributed by atoms with van der Waals surface area (Å²) >= 11 is 6.19. The number of rotatable bonds is 5. The standard InChI is InChI=1S/C20H24ClFN4O/c1-20(2,22)10-26-8-14-13(15(14)9-26)7-25-19(27)12-6-16(21)17(23)11-4-3-5-24-18(11)12/h3-6,13-15H,7-10,23H2,1-2H3,(H,25,27). The van der Waals surface area contributed by atoms with Gasteiger partial charge in [-0.3, -0.25) is 14.7 Å².